The van der Waals surface area contributed by atoms with E-state index in [1.54, 1.807) is 32.9 Å². The van der Waals surface area contributed by atoms with Gasteiger partial charge in [-0.1, -0.05) is 11.3 Å². The Balaban J connectivity index is 1.78. The number of aromatic nitrogens is 1. The molecule has 1 aliphatic heterocycles. The molecule has 0 atom stereocenters. The quantitative estimate of drug-likeness (QED) is 0.777. The number of amides is 1. The third-order valence-electron chi connectivity index (χ3n) is 4.06. The number of anilines is 1. The van der Waals surface area contributed by atoms with Crippen LogP contribution >= 0.6 is 11.3 Å². The van der Waals surface area contributed by atoms with Gasteiger partial charge in [0.25, 0.3) is 5.91 Å². The highest BCUT2D eigenvalue weighted by Crippen LogP contribution is 2.33. The minimum absolute atomic E-state index is 0.0651. The van der Waals surface area contributed by atoms with Crippen LogP contribution in [-0.4, -0.2) is 34.3 Å². The molecule has 0 radical (unpaired) electrons. The highest BCUT2D eigenvalue weighted by atomic mass is 32.1. The number of Topliss-reactive ketones (excluding diaryl/α,β-unsaturated/α-hetero) is 1. The van der Waals surface area contributed by atoms with Crippen molar-refractivity contribution in [2.45, 2.75) is 52.7 Å². The lowest BCUT2D eigenvalue weighted by atomic mass is 9.92. The maximum Gasteiger partial charge on any atom is 0.350 e. The summed E-state index contributed by atoms with van der Waals surface area (Å²) in [5.74, 6) is -0.478. The number of fused-ring (bicyclic) bond motifs is 1. The van der Waals surface area contributed by atoms with E-state index in [0.717, 1.165) is 11.3 Å². The molecule has 8 heteroatoms. The van der Waals surface area contributed by atoms with E-state index in [0.29, 0.717) is 32.6 Å². The zero-order valence-corrected chi connectivity index (χ0v) is 17.2. The number of carbonyl (C=O) groups excluding carboxylic acids is 3. The number of rotatable bonds is 4. The van der Waals surface area contributed by atoms with E-state index in [1.165, 1.54) is 6.07 Å². The molecule has 0 saturated carbocycles. The van der Waals surface area contributed by atoms with Crippen molar-refractivity contribution in [3.05, 3.63) is 39.9 Å². The monoisotopic (exact) mass is 402 g/mol. The van der Waals surface area contributed by atoms with Crippen molar-refractivity contribution in [3.63, 3.8) is 0 Å². The molecule has 3 rings (SSSR count). The van der Waals surface area contributed by atoms with Crippen LogP contribution in [0.1, 0.15) is 70.2 Å². The molecule has 148 valence electrons. The number of ether oxygens (including phenoxy) is 2. The lowest BCUT2D eigenvalue weighted by Gasteiger charge is -2.31. The third kappa shape index (κ3) is 4.22. The molecule has 0 fully saturated rings. The van der Waals surface area contributed by atoms with E-state index in [1.807, 2.05) is 13.8 Å². The van der Waals surface area contributed by atoms with Crippen molar-refractivity contribution < 1.29 is 23.9 Å². The molecule has 2 heterocycles. The maximum atomic E-state index is 12.6. The average molecular weight is 402 g/mol. The first-order valence-corrected chi connectivity index (χ1v) is 9.73. The first-order valence-electron chi connectivity index (χ1n) is 8.92. The van der Waals surface area contributed by atoms with Crippen molar-refractivity contribution in [1.82, 2.24) is 4.98 Å². The summed E-state index contributed by atoms with van der Waals surface area (Å²) < 4.78 is 11.0. The summed E-state index contributed by atoms with van der Waals surface area (Å²) in [5, 5.41) is 2.97. The van der Waals surface area contributed by atoms with E-state index in [4.69, 9.17) is 9.47 Å². The van der Waals surface area contributed by atoms with Crippen LogP contribution in [-0.2, 0) is 4.74 Å². The minimum Gasteiger partial charge on any atom is -0.487 e. The van der Waals surface area contributed by atoms with E-state index in [2.05, 4.69) is 10.3 Å². The highest BCUT2D eigenvalue weighted by Gasteiger charge is 2.33. The molecule has 1 N–H and O–H groups in total. The standard InChI is InChI=1S/C20H22N2O5S/c1-10(2)26-18(25)16-11(3)21-19(28-16)22-17(24)12-6-7-15-13(8-12)14(23)9-20(4,5)27-15/h6-8,10H,9H2,1-5H3,(H,21,22,24). The summed E-state index contributed by atoms with van der Waals surface area (Å²) in [6.07, 6.45) is 0.00482. The van der Waals surface area contributed by atoms with Crippen LogP contribution in [0.3, 0.4) is 0 Å². The second-order valence-corrected chi connectivity index (χ2v) is 8.51. The van der Waals surface area contributed by atoms with Crippen LogP contribution in [0.15, 0.2) is 18.2 Å². The largest absolute Gasteiger partial charge is 0.487 e. The van der Waals surface area contributed by atoms with Crippen LogP contribution in [0, 0.1) is 6.92 Å². The summed E-state index contributed by atoms with van der Waals surface area (Å²) in [5.41, 5.74) is 0.632. The predicted octanol–water partition coefficient (Wildman–Crippen LogP) is 4.01. The summed E-state index contributed by atoms with van der Waals surface area (Å²) in [4.78, 5) is 41.6. The van der Waals surface area contributed by atoms with Crippen LogP contribution in [0.25, 0.3) is 0 Å². The van der Waals surface area contributed by atoms with Gasteiger partial charge in [0.1, 0.15) is 16.2 Å². The average Bonchev–Trinajstić information content (AvgIpc) is 2.93. The fraction of sp³-hybridized carbons (Fsp3) is 0.400. The van der Waals surface area contributed by atoms with Crippen molar-refractivity contribution in [2.24, 2.45) is 0 Å². The second kappa shape index (κ2) is 7.35. The molecule has 0 bridgehead atoms. The second-order valence-electron chi connectivity index (χ2n) is 7.51. The van der Waals surface area contributed by atoms with Gasteiger partial charge in [0, 0.05) is 5.56 Å². The lowest BCUT2D eigenvalue weighted by Crippen LogP contribution is -2.36. The van der Waals surface area contributed by atoms with Crippen molar-refractivity contribution in [1.29, 1.82) is 0 Å². The molecule has 1 aromatic carbocycles. The van der Waals surface area contributed by atoms with Gasteiger partial charge in [-0.25, -0.2) is 9.78 Å². The molecule has 0 aliphatic carbocycles. The van der Waals surface area contributed by atoms with Gasteiger partial charge in [0.2, 0.25) is 0 Å². The number of aryl methyl sites for hydroxylation is 1. The molecular weight excluding hydrogens is 380 g/mol. The van der Waals surface area contributed by atoms with Crippen molar-refractivity contribution >= 4 is 34.1 Å². The third-order valence-corrected chi connectivity index (χ3v) is 5.11. The fourth-order valence-corrected chi connectivity index (χ4v) is 3.71. The Kier molecular flexibility index (Phi) is 5.25. The number of thiazole rings is 1. The first-order chi connectivity index (χ1) is 13.1. The van der Waals surface area contributed by atoms with E-state index in [9.17, 15) is 14.4 Å². The Bertz CT molecular complexity index is 962. The number of nitrogens with one attached hydrogen (secondary N) is 1. The number of esters is 1. The Morgan fingerprint density at radius 1 is 1.32 bits per heavy atom. The van der Waals surface area contributed by atoms with Crippen LogP contribution in [0.4, 0.5) is 5.13 Å². The molecule has 2 aromatic rings. The Labute approximate surface area is 167 Å². The fourth-order valence-electron chi connectivity index (χ4n) is 2.87. The van der Waals surface area contributed by atoms with E-state index in [-0.39, 0.29) is 18.3 Å². The first kappa shape index (κ1) is 20.0. The van der Waals surface area contributed by atoms with E-state index >= 15 is 0 Å². The number of nitrogens with zero attached hydrogens (tertiary/aromatic N) is 1. The minimum atomic E-state index is -0.562. The summed E-state index contributed by atoms with van der Waals surface area (Å²) in [6, 6.07) is 4.75. The number of hydrogen-bond donors (Lipinski definition) is 1. The van der Waals surface area contributed by atoms with Crippen LogP contribution in [0.2, 0.25) is 0 Å². The number of ketones is 1. The summed E-state index contributed by atoms with van der Waals surface area (Å²) in [6.45, 7) is 8.90. The maximum absolute atomic E-state index is 12.6. The zero-order valence-electron chi connectivity index (χ0n) is 16.4. The van der Waals surface area contributed by atoms with Crippen molar-refractivity contribution in [2.75, 3.05) is 5.32 Å². The predicted molar refractivity (Wildman–Crippen MR) is 105 cm³/mol. The molecule has 28 heavy (non-hydrogen) atoms. The van der Waals surface area contributed by atoms with Gasteiger partial charge in [-0.15, -0.1) is 0 Å². The number of carbonyl (C=O) groups is 3. The van der Waals surface area contributed by atoms with Crippen LogP contribution in [0.5, 0.6) is 5.75 Å². The van der Waals surface area contributed by atoms with Gasteiger partial charge in [-0.3, -0.25) is 14.9 Å². The molecule has 7 nitrogen and oxygen atoms in total. The SMILES string of the molecule is Cc1nc(NC(=O)c2ccc3c(c2)C(=O)CC(C)(C)O3)sc1C(=O)OC(C)C. The molecule has 0 unspecified atom stereocenters. The molecular formula is C20H22N2O5S. The smallest absolute Gasteiger partial charge is 0.350 e. The van der Waals surface area contributed by atoms with Gasteiger partial charge in [-0.2, -0.15) is 0 Å². The van der Waals surface area contributed by atoms with Gasteiger partial charge in [-0.05, 0) is 52.8 Å². The lowest BCUT2D eigenvalue weighted by molar-refractivity contribution is 0.0382. The summed E-state index contributed by atoms with van der Waals surface area (Å²) in [7, 11) is 0. The van der Waals surface area contributed by atoms with Gasteiger partial charge in [0.05, 0.1) is 23.8 Å². The van der Waals surface area contributed by atoms with E-state index < -0.39 is 17.5 Å². The Morgan fingerprint density at radius 2 is 2.04 bits per heavy atom. The highest BCUT2D eigenvalue weighted by molar-refractivity contribution is 7.17. The van der Waals surface area contributed by atoms with Gasteiger partial charge >= 0.3 is 5.97 Å². The Hall–Kier alpha value is -2.74. The Morgan fingerprint density at radius 3 is 2.71 bits per heavy atom. The molecule has 1 aromatic heterocycles. The molecule has 1 amide bonds. The van der Waals surface area contributed by atoms with Gasteiger partial charge in [0.15, 0.2) is 10.9 Å². The molecule has 0 spiro atoms. The van der Waals surface area contributed by atoms with Crippen molar-refractivity contribution in [3.8, 4) is 5.75 Å². The number of benzene rings is 1. The zero-order chi connectivity index (χ0) is 20.6. The topological polar surface area (TPSA) is 94.6 Å². The molecule has 1 aliphatic rings. The van der Waals surface area contributed by atoms with Crippen LogP contribution < -0.4 is 10.1 Å². The molecule has 0 saturated heterocycles. The number of hydrogen-bond acceptors (Lipinski definition) is 7. The summed E-state index contributed by atoms with van der Waals surface area (Å²) >= 11 is 1.05. The normalized spacial score (nSPS) is 15.0. The van der Waals surface area contributed by atoms with Gasteiger partial charge < -0.3 is 9.47 Å².